The van der Waals surface area contributed by atoms with Crippen LogP contribution in [0.25, 0.3) is 0 Å². The summed E-state index contributed by atoms with van der Waals surface area (Å²) >= 11 is 0. The van der Waals surface area contributed by atoms with Crippen molar-refractivity contribution in [2.75, 3.05) is 39.5 Å². The van der Waals surface area contributed by atoms with E-state index in [2.05, 4.69) is 5.32 Å². The fourth-order valence-corrected chi connectivity index (χ4v) is 6.97. The number of carboxylic acids is 1. The second-order valence-electron chi connectivity index (χ2n) is 12.4. The number of ketones is 1. The summed E-state index contributed by atoms with van der Waals surface area (Å²) in [5.41, 5.74) is 0.701. The Balaban J connectivity index is 1.86. The number of Topliss-reactive ketones (excluding diaryl/α,β-unsaturated/α-hetero) is 1. The standard InChI is InChI=1S/C31H38N2O7/c1-19-9-10-24-22(15-19)27(21-7-6-8-25-28(21)39-14-13-38-25)40-17-26(35)33(24,18-30(3,4)5)31(29(36)37)11-12-32-16-23(31)20(2)34/h6-10,15,23,27,32H,11-14,16-18H2,1-5H3/p+1/t23-,27?,31+,33+/m1/s1. The maximum atomic E-state index is 14.7. The maximum absolute atomic E-state index is 14.7. The lowest BCUT2D eigenvalue weighted by molar-refractivity contribution is -0.170. The summed E-state index contributed by atoms with van der Waals surface area (Å²) in [7, 11) is 0. The van der Waals surface area contributed by atoms with Crippen molar-refractivity contribution < 1.29 is 33.7 Å². The van der Waals surface area contributed by atoms with Crippen molar-refractivity contribution in [2.45, 2.75) is 52.7 Å². The smallest absolute Gasteiger partial charge is 0.367 e. The number of para-hydroxylation sites is 1. The summed E-state index contributed by atoms with van der Waals surface area (Å²) in [6, 6.07) is 11.3. The number of benzene rings is 2. The molecule has 3 aliphatic rings. The minimum atomic E-state index is -1.72. The minimum absolute atomic E-state index is 0.115. The van der Waals surface area contributed by atoms with E-state index in [0.717, 1.165) is 5.56 Å². The largest absolute Gasteiger partial charge is 0.486 e. The lowest BCUT2D eigenvalue weighted by Crippen LogP contribution is -2.80. The second kappa shape index (κ2) is 10.3. The first-order chi connectivity index (χ1) is 18.9. The van der Waals surface area contributed by atoms with Gasteiger partial charge in [-0.25, -0.2) is 14.1 Å². The van der Waals surface area contributed by atoms with Crippen molar-refractivity contribution in [3.8, 4) is 11.5 Å². The number of piperidine rings is 1. The molecule has 9 heteroatoms. The van der Waals surface area contributed by atoms with E-state index in [1.807, 2.05) is 64.1 Å². The molecule has 1 amide bonds. The number of fused-ring (bicyclic) bond motifs is 2. The number of carbonyl (C=O) groups excluding carboxylic acids is 2. The maximum Gasteiger partial charge on any atom is 0.367 e. The average Bonchev–Trinajstić information content (AvgIpc) is 3.02. The molecule has 1 saturated heterocycles. The quantitative estimate of drug-likeness (QED) is 0.540. The number of aryl methyl sites for hydroxylation is 1. The van der Waals surface area contributed by atoms with Gasteiger partial charge in [0, 0.05) is 42.1 Å². The Morgan fingerprint density at radius 2 is 1.88 bits per heavy atom. The third kappa shape index (κ3) is 4.40. The Morgan fingerprint density at radius 3 is 2.58 bits per heavy atom. The van der Waals surface area contributed by atoms with E-state index in [9.17, 15) is 19.5 Å². The molecule has 0 aliphatic carbocycles. The third-order valence-corrected chi connectivity index (χ3v) is 8.42. The molecule has 0 radical (unpaired) electrons. The van der Waals surface area contributed by atoms with E-state index in [0.29, 0.717) is 48.1 Å². The van der Waals surface area contributed by atoms with Crippen LogP contribution >= 0.6 is 0 Å². The number of nitrogens with zero attached hydrogens (tertiary/aromatic N) is 1. The number of amides is 1. The van der Waals surface area contributed by atoms with Gasteiger partial charge in [0.1, 0.15) is 30.8 Å². The van der Waals surface area contributed by atoms with Gasteiger partial charge in [0.2, 0.25) is 5.54 Å². The first-order valence-corrected chi connectivity index (χ1v) is 13.9. The fourth-order valence-electron chi connectivity index (χ4n) is 6.97. The first-order valence-electron chi connectivity index (χ1n) is 13.9. The SMILES string of the molecule is CC(=O)[C@H]1CNCC[C@]1(C(=O)O)[N@+]1(CC(C)(C)C)C(=O)COC(c2cccc3c2OCCO3)c2cc(C)ccc21. The summed E-state index contributed by atoms with van der Waals surface area (Å²) in [5.74, 6) is -1.54. The number of carbonyl (C=O) groups is 3. The molecular weight excluding hydrogens is 512 g/mol. The molecule has 0 aromatic heterocycles. The molecular formula is C31H39N2O7+. The van der Waals surface area contributed by atoms with Gasteiger partial charge in [0.25, 0.3) is 0 Å². The van der Waals surface area contributed by atoms with Crippen LogP contribution < -0.4 is 19.3 Å². The fraction of sp³-hybridized carbons (Fsp3) is 0.516. The molecule has 3 heterocycles. The number of aliphatic carboxylic acids is 1. The number of hydrogen-bond acceptors (Lipinski definition) is 7. The topological polar surface area (TPSA) is 111 Å². The highest BCUT2D eigenvalue weighted by molar-refractivity contribution is 6.02. The Labute approximate surface area is 235 Å². The number of hydrogen-bond donors (Lipinski definition) is 2. The van der Waals surface area contributed by atoms with E-state index in [4.69, 9.17) is 14.2 Å². The van der Waals surface area contributed by atoms with Crippen LogP contribution in [0.1, 0.15) is 56.9 Å². The lowest BCUT2D eigenvalue weighted by Gasteiger charge is -2.54. The second-order valence-corrected chi connectivity index (χ2v) is 12.4. The van der Waals surface area contributed by atoms with Gasteiger partial charge in [-0.15, -0.1) is 0 Å². The number of ether oxygens (including phenoxy) is 3. The highest BCUT2D eigenvalue weighted by atomic mass is 16.6. The zero-order valence-corrected chi connectivity index (χ0v) is 23.9. The number of quaternary nitrogens is 1. The van der Waals surface area contributed by atoms with Gasteiger partial charge in [-0.3, -0.25) is 4.79 Å². The summed E-state index contributed by atoms with van der Waals surface area (Å²) in [5, 5.41) is 14.3. The van der Waals surface area contributed by atoms with E-state index in [1.165, 1.54) is 6.92 Å². The molecule has 3 aliphatic heterocycles. The van der Waals surface area contributed by atoms with Crippen molar-refractivity contribution in [2.24, 2.45) is 11.3 Å². The molecule has 4 atom stereocenters. The molecule has 2 aromatic carbocycles. The molecule has 40 heavy (non-hydrogen) atoms. The van der Waals surface area contributed by atoms with Crippen LogP contribution in [0, 0.1) is 18.3 Å². The zero-order chi connectivity index (χ0) is 28.9. The molecule has 214 valence electrons. The summed E-state index contributed by atoms with van der Waals surface area (Å²) in [6.07, 6.45) is -0.594. The van der Waals surface area contributed by atoms with Crippen molar-refractivity contribution in [1.82, 2.24) is 9.80 Å². The monoisotopic (exact) mass is 551 g/mol. The molecule has 0 bridgehead atoms. The highest BCUT2D eigenvalue weighted by Crippen LogP contribution is 2.52. The Morgan fingerprint density at radius 1 is 1.12 bits per heavy atom. The molecule has 2 aromatic rings. The van der Waals surface area contributed by atoms with Crippen molar-refractivity contribution in [3.05, 3.63) is 53.1 Å². The first kappa shape index (κ1) is 28.3. The van der Waals surface area contributed by atoms with E-state index < -0.39 is 33.4 Å². The van der Waals surface area contributed by atoms with Crippen molar-refractivity contribution in [1.29, 1.82) is 0 Å². The van der Waals surface area contributed by atoms with Crippen LogP contribution in [0.15, 0.2) is 36.4 Å². The molecule has 5 rings (SSSR count). The Bertz CT molecular complexity index is 1350. The van der Waals surface area contributed by atoms with Crippen molar-refractivity contribution in [3.63, 3.8) is 0 Å². The van der Waals surface area contributed by atoms with Gasteiger partial charge >= 0.3 is 11.9 Å². The van der Waals surface area contributed by atoms with Crippen LogP contribution in [0.2, 0.25) is 0 Å². The van der Waals surface area contributed by atoms with Gasteiger partial charge in [-0.05, 0) is 26.0 Å². The highest BCUT2D eigenvalue weighted by Gasteiger charge is 2.70. The van der Waals surface area contributed by atoms with Gasteiger partial charge < -0.3 is 24.6 Å². The lowest BCUT2D eigenvalue weighted by atomic mass is 9.70. The number of rotatable bonds is 5. The van der Waals surface area contributed by atoms with Crippen LogP contribution in [0.5, 0.6) is 11.5 Å². The molecule has 9 nitrogen and oxygen atoms in total. The normalized spacial score (nSPS) is 28.4. The number of carboxylic acid groups (broad SMARTS) is 1. The average molecular weight is 552 g/mol. The van der Waals surface area contributed by atoms with Crippen molar-refractivity contribution >= 4 is 23.3 Å². The molecule has 0 saturated carbocycles. The third-order valence-electron chi connectivity index (χ3n) is 8.42. The summed E-state index contributed by atoms with van der Waals surface area (Å²) in [6.45, 7) is 10.6. The summed E-state index contributed by atoms with van der Waals surface area (Å²) in [4.78, 5) is 41.5. The van der Waals surface area contributed by atoms with Gasteiger partial charge in [0.05, 0.1) is 12.5 Å². The van der Waals surface area contributed by atoms with Gasteiger partial charge in [0.15, 0.2) is 18.1 Å². The molecule has 2 N–H and O–H groups in total. The van der Waals surface area contributed by atoms with Crippen LogP contribution in [0.4, 0.5) is 5.69 Å². The van der Waals surface area contributed by atoms with Crippen LogP contribution in [-0.4, -0.2) is 67.8 Å². The Hall–Kier alpha value is -3.27. The predicted octanol–water partition coefficient (Wildman–Crippen LogP) is 3.79. The molecule has 1 fully saturated rings. The van der Waals surface area contributed by atoms with E-state index >= 15 is 0 Å². The van der Waals surface area contributed by atoms with Gasteiger partial charge in [-0.2, -0.15) is 0 Å². The molecule has 1 unspecified atom stereocenters. The minimum Gasteiger partial charge on any atom is -0.486 e. The van der Waals surface area contributed by atoms with Crippen LogP contribution in [0.3, 0.4) is 0 Å². The summed E-state index contributed by atoms with van der Waals surface area (Å²) < 4.78 is 17.8. The predicted molar refractivity (Wildman–Crippen MR) is 150 cm³/mol. The van der Waals surface area contributed by atoms with Gasteiger partial charge in [-0.1, -0.05) is 44.5 Å². The van der Waals surface area contributed by atoms with E-state index in [-0.39, 0.29) is 37.8 Å². The van der Waals surface area contributed by atoms with Crippen LogP contribution in [-0.2, 0) is 19.1 Å². The van der Waals surface area contributed by atoms with E-state index in [1.54, 1.807) is 0 Å². The zero-order valence-electron chi connectivity index (χ0n) is 23.9. The molecule has 0 spiro atoms. The number of nitrogens with one attached hydrogen (secondary N) is 1. The Kier molecular flexibility index (Phi) is 7.27.